The zero-order valence-corrected chi connectivity index (χ0v) is 38.2. The van der Waals surface area contributed by atoms with Gasteiger partial charge in [0.25, 0.3) is 5.91 Å². The third-order valence-electron chi connectivity index (χ3n) is 11.1. The fourth-order valence-corrected chi connectivity index (χ4v) is 9.33. The maximum Gasteiger partial charge on any atom is 0.264 e. The maximum absolute atomic E-state index is 12.6. The van der Waals surface area contributed by atoms with E-state index >= 15 is 0 Å². The lowest BCUT2D eigenvalue weighted by Crippen LogP contribution is -2.36. The SMILES string of the molecule is O=C1CSC(=N[C@@H](CO)c2ccccc2)N1.O=C1NC(=N[C@@H](CO)c2ccccc2)S/C1=C\c1ccc2nccc(N3CCOCC3)c2c1.O=Cc1ccc2nccc(N3CCOCC3)c2c1. The number of nitrogens with zero attached hydrogens (tertiary/aromatic N) is 6. The highest BCUT2D eigenvalue weighted by atomic mass is 32.2. The highest BCUT2D eigenvalue weighted by Crippen LogP contribution is 2.32. The van der Waals surface area contributed by atoms with Gasteiger partial charge in [-0.1, -0.05) is 78.5 Å². The minimum atomic E-state index is -0.420. The summed E-state index contributed by atoms with van der Waals surface area (Å²) in [5.74, 6) is 0.183. The number of thioether (sulfide) groups is 2. The first kappa shape index (κ1) is 47.0. The van der Waals surface area contributed by atoms with Crippen LogP contribution in [0.3, 0.4) is 0 Å². The molecule has 4 aliphatic heterocycles. The molecule has 0 bridgehead atoms. The summed E-state index contributed by atoms with van der Waals surface area (Å²) in [6.45, 7) is 6.17. The van der Waals surface area contributed by atoms with Crippen molar-refractivity contribution in [2.75, 3.05) is 81.4 Å². The number of aliphatic imine (C=N–C) groups is 2. The number of carbonyl (C=O) groups is 3. The van der Waals surface area contributed by atoms with Crippen molar-refractivity contribution in [3.05, 3.63) is 149 Å². The summed E-state index contributed by atoms with van der Waals surface area (Å²) in [6.07, 6.45) is 6.39. The first-order valence-electron chi connectivity index (χ1n) is 21.9. The van der Waals surface area contributed by atoms with Gasteiger partial charge in [0.15, 0.2) is 10.3 Å². The quantitative estimate of drug-likeness (QED) is 0.0900. The van der Waals surface area contributed by atoms with Crippen LogP contribution in [0.4, 0.5) is 11.4 Å². The van der Waals surface area contributed by atoms with Crippen molar-refractivity contribution in [3.63, 3.8) is 0 Å². The van der Waals surface area contributed by atoms with Gasteiger partial charge in [0.1, 0.15) is 18.4 Å². The summed E-state index contributed by atoms with van der Waals surface area (Å²) in [5.41, 5.74) is 7.55. The Labute approximate surface area is 396 Å². The molecule has 4 fully saturated rings. The Balaban J connectivity index is 0.000000150. The van der Waals surface area contributed by atoms with Crippen molar-refractivity contribution in [1.82, 2.24) is 20.6 Å². The van der Waals surface area contributed by atoms with Crippen molar-refractivity contribution in [3.8, 4) is 0 Å². The maximum atomic E-state index is 12.6. The summed E-state index contributed by atoms with van der Waals surface area (Å²) in [6, 6.07) is 34.0. The number of aliphatic hydroxyl groups is 2. The van der Waals surface area contributed by atoms with Crippen LogP contribution in [0, 0.1) is 0 Å². The molecule has 17 heteroatoms. The highest BCUT2D eigenvalue weighted by molar-refractivity contribution is 8.18. The topological polar surface area (TPSA) is 191 Å². The molecule has 6 aromatic rings. The third kappa shape index (κ3) is 12.3. The van der Waals surface area contributed by atoms with E-state index in [-0.39, 0.29) is 31.1 Å². The Morgan fingerprint density at radius 2 is 1.16 bits per heavy atom. The van der Waals surface area contributed by atoms with E-state index in [2.05, 4.69) is 46.5 Å². The largest absolute Gasteiger partial charge is 0.394 e. The Hall–Kier alpha value is -6.47. The van der Waals surface area contributed by atoms with Gasteiger partial charge < -0.3 is 40.1 Å². The smallest absolute Gasteiger partial charge is 0.264 e. The predicted molar refractivity (Wildman–Crippen MR) is 267 cm³/mol. The molecule has 2 aromatic heterocycles. The fourth-order valence-electron chi connectivity index (χ4n) is 7.73. The normalized spacial score (nSPS) is 18.8. The molecule has 0 unspecified atom stereocenters. The summed E-state index contributed by atoms with van der Waals surface area (Å²) in [5, 5.41) is 27.7. The molecule has 0 spiro atoms. The summed E-state index contributed by atoms with van der Waals surface area (Å²) in [7, 11) is 0. The minimum absolute atomic E-state index is 0.0338. The average molecular weight is 939 g/mol. The number of ether oxygens (including phenoxy) is 2. The second-order valence-corrected chi connectivity index (χ2v) is 17.5. The van der Waals surface area contributed by atoms with Gasteiger partial charge in [-0.3, -0.25) is 34.3 Å². The minimum Gasteiger partial charge on any atom is -0.394 e. The second kappa shape index (κ2) is 23.3. The highest BCUT2D eigenvalue weighted by Gasteiger charge is 2.26. The van der Waals surface area contributed by atoms with Crippen molar-refractivity contribution in [2.24, 2.45) is 9.98 Å². The van der Waals surface area contributed by atoms with Gasteiger partial charge in [-0.15, -0.1) is 0 Å². The molecule has 2 atom stereocenters. The van der Waals surface area contributed by atoms with E-state index < -0.39 is 6.04 Å². The number of hydrogen-bond donors (Lipinski definition) is 4. The Morgan fingerprint density at radius 1 is 0.657 bits per heavy atom. The molecule has 4 aliphatic rings. The molecule has 0 radical (unpaired) electrons. The van der Waals surface area contributed by atoms with Crippen molar-refractivity contribution in [1.29, 1.82) is 0 Å². The zero-order valence-electron chi connectivity index (χ0n) is 36.6. The molecule has 4 aromatic carbocycles. The number of amidine groups is 2. The van der Waals surface area contributed by atoms with E-state index in [0.29, 0.717) is 39.8 Å². The molecule has 344 valence electrons. The van der Waals surface area contributed by atoms with Crippen LogP contribution < -0.4 is 20.4 Å². The number of fused-ring (bicyclic) bond motifs is 2. The third-order valence-corrected chi connectivity index (χ3v) is 12.9. The van der Waals surface area contributed by atoms with E-state index in [9.17, 15) is 24.6 Å². The average Bonchev–Trinajstić information content (AvgIpc) is 3.97. The molecule has 15 nitrogen and oxygen atoms in total. The number of rotatable bonds is 10. The monoisotopic (exact) mass is 938 g/mol. The molecule has 6 heterocycles. The molecular weight excluding hydrogens is 889 g/mol. The number of carbonyl (C=O) groups excluding carboxylic acids is 3. The van der Waals surface area contributed by atoms with Crippen molar-refractivity contribution >= 4 is 91.2 Å². The molecular formula is C50H50N8O7S2. The van der Waals surface area contributed by atoms with Gasteiger partial charge in [-0.05, 0) is 77.0 Å². The molecule has 0 aliphatic carbocycles. The van der Waals surface area contributed by atoms with Crippen molar-refractivity contribution < 1.29 is 34.1 Å². The number of anilines is 2. The van der Waals surface area contributed by atoms with Crippen LogP contribution in [0.5, 0.6) is 0 Å². The number of pyridine rings is 2. The summed E-state index contributed by atoms with van der Waals surface area (Å²) in [4.78, 5) is 57.3. The first-order valence-corrected chi connectivity index (χ1v) is 23.7. The number of aldehydes is 1. The predicted octanol–water partition coefficient (Wildman–Crippen LogP) is 6.19. The fraction of sp³-hybridized carbons (Fsp3) is 0.260. The van der Waals surface area contributed by atoms with E-state index in [1.165, 1.54) is 23.5 Å². The van der Waals surface area contributed by atoms with Gasteiger partial charge in [-0.25, -0.2) is 0 Å². The standard InChI is InChI=1S/C25H24N4O3S.C14H14N2O2.C11H12N2O2S/c30-16-21(18-4-2-1-3-5-18)27-25-28-24(31)23(33-25)15-17-6-7-20-19(14-17)22(8-9-26-20)29-10-12-32-13-11-29;17-10-11-1-2-13-12(9-11)14(3-4-15-13)16-5-7-18-8-6-16;14-6-9(8-4-2-1-3-5-8)12-11-13-10(15)7-16-11/h1-9,14-15,21,30H,10-13,16H2,(H,27,28,31);1-4,9-10H,5-8H2;1-5,9,14H,6-7H2,(H,12,13,15)/b23-15-;;/t21-;;9-/m0.0/s1. The van der Waals surface area contributed by atoms with Crippen LogP contribution in [-0.2, 0) is 19.1 Å². The Kier molecular flexibility index (Phi) is 16.4. The first-order chi connectivity index (χ1) is 32.9. The molecule has 4 N–H and O–H groups in total. The van der Waals surface area contributed by atoms with E-state index in [1.807, 2.05) is 116 Å². The van der Waals surface area contributed by atoms with Crippen LogP contribution in [0.2, 0.25) is 0 Å². The van der Waals surface area contributed by atoms with Gasteiger partial charge in [0.2, 0.25) is 5.91 Å². The number of hydrogen-bond acceptors (Lipinski definition) is 15. The van der Waals surface area contributed by atoms with E-state index in [1.54, 1.807) is 6.07 Å². The lowest BCUT2D eigenvalue weighted by atomic mass is 10.1. The van der Waals surface area contributed by atoms with Gasteiger partial charge in [-0.2, -0.15) is 0 Å². The van der Waals surface area contributed by atoms with Crippen molar-refractivity contribution in [2.45, 2.75) is 12.1 Å². The number of benzene rings is 4. The molecule has 67 heavy (non-hydrogen) atoms. The second-order valence-electron chi connectivity index (χ2n) is 15.5. The summed E-state index contributed by atoms with van der Waals surface area (Å²) >= 11 is 2.65. The van der Waals surface area contributed by atoms with E-state index in [0.717, 1.165) is 95.5 Å². The number of morpholine rings is 2. The van der Waals surface area contributed by atoms with Gasteiger partial charge in [0.05, 0.1) is 61.3 Å². The van der Waals surface area contributed by atoms with Crippen LogP contribution in [0.1, 0.15) is 39.1 Å². The number of aliphatic hydroxyl groups excluding tert-OH is 2. The van der Waals surface area contributed by atoms with Crippen LogP contribution in [0.25, 0.3) is 27.9 Å². The molecule has 0 saturated carbocycles. The zero-order chi connectivity index (χ0) is 46.4. The van der Waals surface area contributed by atoms with Crippen LogP contribution >= 0.6 is 23.5 Å². The number of aromatic nitrogens is 2. The molecule has 4 saturated heterocycles. The van der Waals surface area contributed by atoms with Gasteiger partial charge >= 0.3 is 0 Å². The number of nitrogens with one attached hydrogen (secondary N) is 2. The lowest BCUT2D eigenvalue weighted by molar-refractivity contribution is -0.117. The molecule has 2 amide bonds. The lowest BCUT2D eigenvalue weighted by Gasteiger charge is -2.29. The van der Waals surface area contributed by atoms with Gasteiger partial charge in [0, 0.05) is 66.3 Å². The summed E-state index contributed by atoms with van der Waals surface area (Å²) < 4.78 is 10.9. The Morgan fingerprint density at radius 3 is 1.66 bits per heavy atom. The van der Waals surface area contributed by atoms with Crippen LogP contribution in [-0.4, -0.2) is 120 Å². The van der Waals surface area contributed by atoms with E-state index in [4.69, 9.17) is 9.47 Å². The molecule has 10 rings (SSSR count). The number of amides is 2. The Bertz CT molecular complexity index is 2770. The van der Waals surface area contributed by atoms with Crippen LogP contribution in [0.15, 0.2) is 136 Å².